The molecule has 1 aromatic heterocycles. The maximum absolute atomic E-state index is 11.4. The second kappa shape index (κ2) is 4.78. The second-order valence-electron chi connectivity index (χ2n) is 4.71. The molecule has 1 aliphatic rings. The lowest BCUT2D eigenvalue weighted by molar-refractivity contribution is -0.122. The lowest BCUT2D eigenvalue weighted by Gasteiger charge is -2.31. The number of aromatic nitrogens is 2. The standard InChI is InChI=1S/C12H19N3O/c1-10(16)12-4-3-5-15(9-12)8-11-6-13-14(2)7-11/h6-7,12H,3-5,8-9H2,1-2H3. The van der Waals surface area contributed by atoms with Crippen LogP contribution in [0, 0.1) is 5.92 Å². The van der Waals surface area contributed by atoms with E-state index in [0.717, 1.165) is 32.5 Å². The molecule has 0 bridgehead atoms. The summed E-state index contributed by atoms with van der Waals surface area (Å²) in [4.78, 5) is 13.7. The molecule has 1 fully saturated rings. The average molecular weight is 221 g/mol. The zero-order valence-electron chi connectivity index (χ0n) is 10.0. The Balaban J connectivity index is 1.92. The summed E-state index contributed by atoms with van der Waals surface area (Å²) in [5.74, 6) is 0.571. The smallest absolute Gasteiger partial charge is 0.134 e. The number of nitrogens with zero attached hydrogens (tertiary/aromatic N) is 3. The van der Waals surface area contributed by atoms with Crippen molar-refractivity contribution in [3.8, 4) is 0 Å². The van der Waals surface area contributed by atoms with Crippen LogP contribution in [-0.2, 0) is 18.4 Å². The van der Waals surface area contributed by atoms with E-state index >= 15 is 0 Å². The Morgan fingerprint density at radius 3 is 3.06 bits per heavy atom. The van der Waals surface area contributed by atoms with Gasteiger partial charge in [-0.2, -0.15) is 5.10 Å². The Morgan fingerprint density at radius 1 is 1.62 bits per heavy atom. The molecule has 0 aliphatic carbocycles. The maximum atomic E-state index is 11.4. The van der Waals surface area contributed by atoms with E-state index in [1.54, 1.807) is 6.92 Å². The summed E-state index contributed by atoms with van der Waals surface area (Å²) in [6.07, 6.45) is 6.12. The van der Waals surface area contributed by atoms with E-state index < -0.39 is 0 Å². The van der Waals surface area contributed by atoms with E-state index in [1.807, 2.05) is 24.1 Å². The van der Waals surface area contributed by atoms with Crippen molar-refractivity contribution in [3.63, 3.8) is 0 Å². The molecule has 1 saturated heterocycles. The summed E-state index contributed by atoms with van der Waals surface area (Å²) in [6.45, 7) is 4.62. The second-order valence-corrected chi connectivity index (χ2v) is 4.71. The molecule has 0 radical (unpaired) electrons. The topological polar surface area (TPSA) is 38.1 Å². The third-order valence-corrected chi connectivity index (χ3v) is 3.24. The number of carbonyl (C=O) groups excluding carboxylic acids is 1. The van der Waals surface area contributed by atoms with E-state index in [0.29, 0.717) is 5.78 Å². The van der Waals surface area contributed by atoms with Gasteiger partial charge in [-0.3, -0.25) is 14.4 Å². The molecular formula is C12H19N3O. The number of hydrogen-bond donors (Lipinski definition) is 0. The molecule has 0 N–H and O–H groups in total. The molecule has 0 aromatic carbocycles. The molecule has 16 heavy (non-hydrogen) atoms. The van der Waals surface area contributed by atoms with Crippen LogP contribution >= 0.6 is 0 Å². The molecular weight excluding hydrogens is 202 g/mol. The fraction of sp³-hybridized carbons (Fsp3) is 0.667. The van der Waals surface area contributed by atoms with Crippen LogP contribution in [0.25, 0.3) is 0 Å². The minimum Gasteiger partial charge on any atom is -0.300 e. The minimum absolute atomic E-state index is 0.241. The van der Waals surface area contributed by atoms with Gasteiger partial charge in [0.25, 0.3) is 0 Å². The summed E-state index contributed by atoms with van der Waals surface area (Å²) in [5, 5.41) is 4.16. The minimum atomic E-state index is 0.241. The molecule has 4 nitrogen and oxygen atoms in total. The van der Waals surface area contributed by atoms with Crippen LogP contribution in [0.4, 0.5) is 0 Å². The van der Waals surface area contributed by atoms with Crippen molar-refractivity contribution in [2.24, 2.45) is 13.0 Å². The first kappa shape index (κ1) is 11.3. The lowest BCUT2D eigenvalue weighted by Crippen LogP contribution is -2.37. The molecule has 0 saturated carbocycles. The Morgan fingerprint density at radius 2 is 2.44 bits per heavy atom. The number of likely N-dealkylation sites (tertiary alicyclic amines) is 1. The van der Waals surface area contributed by atoms with Crippen molar-refractivity contribution in [1.82, 2.24) is 14.7 Å². The highest BCUT2D eigenvalue weighted by Crippen LogP contribution is 2.18. The number of carbonyl (C=O) groups is 1. The van der Waals surface area contributed by atoms with Gasteiger partial charge in [0.1, 0.15) is 5.78 Å². The molecule has 1 unspecified atom stereocenters. The third kappa shape index (κ3) is 2.70. The summed E-state index contributed by atoms with van der Waals surface area (Å²) in [7, 11) is 1.93. The van der Waals surface area contributed by atoms with Crippen LogP contribution in [-0.4, -0.2) is 33.6 Å². The quantitative estimate of drug-likeness (QED) is 0.770. The summed E-state index contributed by atoms with van der Waals surface area (Å²) < 4.78 is 1.82. The first-order valence-electron chi connectivity index (χ1n) is 5.85. The van der Waals surface area contributed by atoms with Gasteiger partial charge in [0.05, 0.1) is 6.20 Å². The van der Waals surface area contributed by atoms with Crippen LogP contribution in [0.3, 0.4) is 0 Å². The first-order valence-corrected chi connectivity index (χ1v) is 5.85. The average Bonchev–Trinajstić information content (AvgIpc) is 2.64. The summed E-state index contributed by atoms with van der Waals surface area (Å²) >= 11 is 0. The highest BCUT2D eigenvalue weighted by atomic mass is 16.1. The van der Waals surface area contributed by atoms with Crippen molar-refractivity contribution in [3.05, 3.63) is 18.0 Å². The van der Waals surface area contributed by atoms with E-state index in [2.05, 4.69) is 10.00 Å². The highest BCUT2D eigenvalue weighted by Gasteiger charge is 2.23. The SMILES string of the molecule is CC(=O)C1CCCN(Cc2cnn(C)c2)C1. The van der Waals surface area contributed by atoms with E-state index in [1.165, 1.54) is 5.56 Å². The van der Waals surface area contributed by atoms with Crippen LogP contribution in [0.2, 0.25) is 0 Å². The van der Waals surface area contributed by atoms with Gasteiger partial charge in [-0.25, -0.2) is 0 Å². The van der Waals surface area contributed by atoms with Crippen molar-refractivity contribution in [2.75, 3.05) is 13.1 Å². The fourth-order valence-electron chi connectivity index (χ4n) is 2.34. The number of ketones is 1. The monoisotopic (exact) mass is 221 g/mol. The zero-order valence-corrected chi connectivity index (χ0v) is 10.0. The van der Waals surface area contributed by atoms with Gasteiger partial charge in [-0.05, 0) is 26.3 Å². The molecule has 0 spiro atoms. The number of rotatable bonds is 3. The Hall–Kier alpha value is -1.16. The van der Waals surface area contributed by atoms with Crippen LogP contribution < -0.4 is 0 Å². The van der Waals surface area contributed by atoms with Crippen molar-refractivity contribution in [1.29, 1.82) is 0 Å². The van der Waals surface area contributed by atoms with Crippen molar-refractivity contribution >= 4 is 5.78 Å². The van der Waals surface area contributed by atoms with Crippen molar-refractivity contribution in [2.45, 2.75) is 26.3 Å². The highest BCUT2D eigenvalue weighted by molar-refractivity contribution is 5.78. The summed E-state index contributed by atoms with van der Waals surface area (Å²) in [6, 6.07) is 0. The van der Waals surface area contributed by atoms with Crippen LogP contribution in [0.1, 0.15) is 25.3 Å². The third-order valence-electron chi connectivity index (χ3n) is 3.24. The molecule has 88 valence electrons. The van der Waals surface area contributed by atoms with Gasteiger partial charge in [0.2, 0.25) is 0 Å². The predicted molar refractivity (Wildman–Crippen MR) is 61.9 cm³/mol. The zero-order chi connectivity index (χ0) is 11.5. The van der Waals surface area contributed by atoms with Gasteiger partial charge in [-0.15, -0.1) is 0 Å². The molecule has 1 aliphatic heterocycles. The van der Waals surface area contributed by atoms with E-state index in [-0.39, 0.29) is 5.92 Å². The Labute approximate surface area is 96.2 Å². The summed E-state index contributed by atoms with van der Waals surface area (Å²) in [5.41, 5.74) is 1.23. The number of aryl methyl sites for hydroxylation is 1. The normalized spacial score (nSPS) is 22.2. The van der Waals surface area contributed by atoms with Gasteiger partial charge >= 0.3 is 0 Å². The first-order chi connectivity index (χ1) is 7.65. The van der Waals surface area contributed by atoms with Crippen LogP contribution in [0.5, 0.6) is 0 Å². The maximum Gasteiger partial charge on any atom is 0.134 e. The fourth-order valence-corrected chi connectivity index (χ4v) is 2.34. The number of piperidine rings is 1. The van der Waals surface area contributed by atoms with Crippen LogP contribution in [0.15, 0.2) is 12.4 Å². The van der Waals surface area contributed by atoms with Gasteiger partial charge < -0.3 is 0 Å². The lowest BCUT2D eigenvalue weighted by atomic mass is 9.94. The largest absolute Gasteiger partial charge is 0.300 e. The molecule has 0 amide bonds. The van der Waals surface area contributed by atoms with E-state index in [4.69, 9.17) is 0 Å². The Kier molecular flexibility index (Phi) is 3.39. The predicted octanol–water partition coefficient (Wildman–Crippen LogP) is 1.22. The molecule has 4 heteroatoms. The van der Waals surface area contributed by atoms with Gasteiger partial charge in [0.15, 0.2) is 0 Å². The van der Waals surface area contributed by atoms with Gasteiger partial charge in [0, 0.05) is 37.8 Å². The van der Waals surface area contributed by atoms with Gasteiger partial charge in [-0.1, -0.05) is 0 Å². The molecule has 1 atom stereocenters. The number of hydrogen-bond acceptors (Lipinski definition) is 3. The van der Waals surface area contributed by atoms with Crippen molar-refractivity contribution < 1.29 is 4.79 Å². The molecule has 2 rings (SSSR count). The Bertz CT molecular complexity index is 372. The molecule has 2 heterocycles. The van der Waals surface area contributed by atoms with E-state index in [9.17, 15) is 4.79 Å². The number of Topliss-reactive ketones (excluding diaryl/α,β-unsaturated/α-hetero) is 1. The molecule has 1 aromatic rings.